The fraction of sp³-hybridized carbons (Fsp3) is 0.714. The van der Waals surface area contributed by atoms with Crippen LogP contribution in [0.4, 0.5) is 0 Å². The fourth-order valence-corrected chi connectivity index (χ4v) is 4.12. The van der Waals surface area contributed by atoms with E-state index in [1.54, 1.807) is 12.3 Å². The first-order chi connectivity index (χ1) is 10.2. The fourth-order valence-electron chi connectivity index (χ4n) is 2.77. The molecule has 0 radical (unpaired) electrons. The Morgan fingerprint density at radius 2 is 2.14 bits per heavy atom. The van der Waals surface area contributed by atoms with E-state index in [1.165, 1.54) is 4.57 Å². The van der Waals surface area contributed by atoms with Gasteiger partial charge in [-0.1, -0.05) is 37.9 Å². The Morgan fingerprint density at radius 1 is 1.45 bits per heavy atom. The maximum Gasteiger partial charge on any atom is 0.328 e. The third-order valence-electron chi connectivity index (χ3n) is 4.03. The van der Waals surface area contributed by atoms with Gasteiger partial charge in [0, 0.05) is 20.2 Å². The van der Waals surface area contributed by atoms with Gasteiger partial charge < -0.3 is 14.9 Å². The predicted molar refractivity (Wildman–Crippen MR) is 89.1 cm³/mol. The van der Waals surface area contributed by atoms with Gasteiger partial charge in [-0.3, -0.25) is 9.55 Å². The summed E-state index contributed by atoms with van der Waals surface area (Å²) in [6, 6.07) is 2.64. The maximum atomic E-state index is 12.1. The Kier molecular flexibility index (Phi) is 5.39. The highest BCUT2D eigenvalue weighted by molar-refractivity contribution is 7.71. The summed E-state index contributed by atoms with van der Waals surface area (Å²) >= 11 is 4.94. The van der Waals surface area contributed by atoms with Crippen LogP contribution in [0.1, 0.15) is 12.6 Å². The highest BCUT2D eigenvalue weighted by Crippen LogP contribution is 2.38. The van der Waals surface area contributed by atoms with Gasteiger partial charge in [0.2, 0.25) is 0 Å². The molecule has 1 aromatic rings. The predicted octanol–water partition coefficient (Wildman–Crippen LogP) is 1.50. The third-order valence-corrected chi connectivity index (χ3v) is 6.06. The van der Waals surface area contributed by atoms with Gasteiger partial charge in [0.1, 0.15) is 17.0 Å². The van der Waals surface area contributed by atoms with Crippen LogP contribution in [0.15, 0.2) is 17.1 Å². The number of aliphatic hydroxyl groups is 2. The second-order valence-electron chi connectivity index (χ2n) is 7.02. The second-order valence-corrected chi connectivity index (χ2v) is 13.1. The number of hydrogen-bond donors (Lipinski definition) is 3. The van der Waals surface area contributed by atoms with Crippen molar-refractivity contribution in [3.05, 3.63) is 27.4 Å². The molecule has 3 N–H and O–H groups in total. The first-order valence-electron chi connectivity index (χ1n) is 7.49. The van der Waals surface area contributed by atoms with Crippen molar-refractivity contribution in [1.82, 2.24) is 9.55 Å². The van der Waals surface area contributed by atoms with E-state index in [0.717, 1.165) is 12.5 Å². The number of aliphatic hydroxyl groups excluding tert-OH is 2. The molecule has 4 atom stereocenters. The zero-order valence-corrected chi connectivity index (χ0v) is 15.0. The lowest BCUT2D eigenvalue weighted by Gasteiger charge is -2.25. The van der Waals surface area contributed by atoms with E-state index in [2.05, 4.69) is 24.6 Å². The number of aromatic amines is 1. The van der Waals surface area contributed by atoms with E-state index in [9.17, 15) is 15.0 Å². The molecule has 0 bridgehead atoms. The van der Waals surface area contributed by atoms with Gasteiger partial charge >= 0.3 is 5.69 Å². The lowest BCUT2D eigenvalue weighted by Crippen LogP contribution is -2.33. The minimum absolute atomic E-state index is 0.217. The van der Waals surface area contributed by atoms with E-state index in [4.69, 9.17) is 17.0 Å². The zero-order valence-electron chi connectivity index (χ0n) is 13.2. The second kappa shape index (κ2) is 6.75. The number of nitrogens with zero attached hydrogens (tertiary/aromatic N) is 1. The summed E-state index contributed by atoms with van der Waals surface area (Å²) in [6.07, 6.45) is 0.330. The summed E-state index contributed by atoms with van der Waals surface area (Å²) in [7, 11) is -1.28. The van der Waals surface area contributed by atoms with Crippen molar-refractivity contribution in [2.75, 3.05) is 6.61 Å². The Morgan fingerprint density at radius 3 is 2.68 bits per heavy atom. The van der Waals surface area contributed by atoms with Crippen LogP contribution in [-0.2, 0) is 4.74 Å². The minimum atomic E-state index is -1.28. The normalized spacial score (nSPS) is 29.0. The van der Waals surface area contributed by atoms with Crippen molar-refractivity contribution in [2.45, 2.75) is 50.5 Å². The molecule has 2 rings (SSSR count). The van der Waals surface area contributed by atoms with Gasteiger partial charge in [0.15, 0.2) is 0 Å². The number of aromatic nitrogens is 2. The van der Waals surface area contributed by atoms with Crippen LogP contribution in [0.5, 0.6) is 0 Å². The molecule has 0 aromatic carbocycles. The lowest BCUT2D eigenvalue weighted by atomic mass is 9.97. The quantitative estimate of drug-likeness (QED) is 0.556. The first-order valence-corrected chi connectivity index (χ1v) is 11.6. The molecule has 2 unspecified atom stereocenters. The molecule has 1 aromatic heterocycles. The Bertz CT molecular complexity index is 624. The molecule has 0 amide bonds. The van der Waals surface area contributed by atoms with Crippen LogP contribution in [-0.4, -0.2) is 46.7 Å². The minimum Gasteiger partial charge on any atom is -0.394 e. The van der Waals surface area contributed by atoms with Crippen molar-refractivity contribution in [1.29, 1.82) is 0 Å². The highest BCUT2D eigenvalue weighted by atomic mass is 32.1. The van der Waals surface area contributed by atoms with E-state index in [1.807, 2.05) is 0 Å². The molecule has 124 valence electrons. The maximum absolute atomic E-state index is 12.1. The van der Waals surface area contributed by atoms with Crippen LogP contribution in [0.25, 0.3) is 0 Å². The summed E-state index contributed by atoms with van der Waals surface area (Å²) < 4.78 is 7.51. The first kappa shape index (κ1) is 17.5. The zero-order chi connectivity index (χ0) is 16.5. The molecule has 1 aliphatic heterocycles. The van der Waals surface area contributed by atoms with Crippen molar-refractivity contribution in [2.24, 2.45) is 5.92 Å². The largest absolute Gasteiger partial charge is 0.394 e. The number of hydrogen-bond acceptors (Lipinski definition) is 5. The van der Waals surface area contributed by atoms with Gasteiger partial charge in [-0.15, -0.1) is 0 Å². The summed E-state index contributed by atoms with van der Waals surface area (Å²) in [6.45, 7) is 6.53. The molecule has 1 aliphatic rings. The summed E-state index contributed by atoms with van der Waals surface area (Å²) in [5.74, 6) is -0.217. The van der Waals surface area contributed by atoms with E-state index in [0.29, 0.717) is 4.64 Å². The van der Waals surface area contributed by atoms with Crippen LogP contribution >= 0.6 is 12.2 Å². The average Bonchev–Trinajstić information content (AvgIpc) is 2.72. The van der Waals surface area contributed by atoms with Gasteiger partial charge in [-0.2, -0.15) is 0 Å². The van der Waals surface area contributed by atoms with Crippen molar-refractivity contribution in [3.63, 3.8) is 0 Å². The molecule has 1 saturated heterocycles. The molecular formula is C14H24N2O4SSi. The van der Waals surface area contributed by atoms with Gasteiger partial charge in [0.05, 0.1) is 12.7 Å². The monoisotopic (exact) mass is 344 g/mol. The van der Waals surface area contributed by atoms with Crippen molar-refractivity contribution < 1.29 is 14.9 Å². The summed E-state index contributed by atoms with van der Waals surface area (Å²) in [5.41, 5.74) is -0.360. The van der Waals surface area contributed by atoms with E-state index >= 15 is 0 Å². The topological polar surface area (TPSA) is 87.5 Å². The highest BCUT2D eigenvalue weighted by Gasteiger charge is 2.44. The summed E-state index contributed by atoms with van der Waals surface area (Å²) in [5, 5.41) is 19.8. The molecule has 1 fully saturated rings. The number of nitrogens with one attached hydrogen (secondary N) is 1. The SMILES string of the molecule is C[Si](C)(C)CCC1C(O)[C@H](CO)O[C@@H]1n1ccc(=S)[nH]c1=O. The van der Waals surface area contributed by atoms with Crippen molar-refractivity contribution >= 4 is 20.3 Å². The van der Waals surface area contributed by atoms with Gasteiger partial charge in [-0.25, -0.2) is 4.79 Å². The van der Waals surface area contributed by atoms with Crippen molar-refractivity contribution in [3.8, 4) is 0 Å². The van der Waals surface area contributed by atoms with Crippen LogP contribution < -0.4 is 5.69 Å². The molecule has 0 saturated carbocycles. The number of H-pyrrole nitrogens is 1. The number of ether oxygens (including phenoxy) is 1. The van der Waals surface area contributed by atoms with Crippen LogP contribution in [0.3, 0.4) is 0 Å². The Labute approximate surface area is 135 Å². The smallest absolute Gasteiger partial charge is 0.328 e. The van der Waals surface area contributed by atoms with Gasteiger partial charge in [-0.05, 0) is 12.5 Å². The molecule has 8 heteroatoms. The van der Waals surface area contributed by atoms with Crippen LogP contribution in [0.2, 0.25) is 25.7 Å². The standard InChI is InChI=1S/C14H24N2O4SSi/c1-22(2,3)7-5-9-12(18)10(8-17)20-13(9)16-6-4-11(21)15-14(16)19/h4,6,9-10,12-13,17-18H,5,7-8H2,1-3H3,(H,15,19,21)/t9?,10-,12?,13-/m0/s1. The summed E-state index contributed by atoms with van der Waals surface area (Å²) in [4.78, 5) is 14.7. The lowest BCUT2D eigenvalue weighted by molar-refractivity contribution is -0.0481. The van der Waals surface area contributed by atoms with E-state index in [-0.39, 0.29) is 18.2 Å². The number of rotatable bonds is 5. The Hall–Kier alpha value is -0.803. The van der Waals surface area contributed by atoms with E-state index < -0.39 is 26.5 Å². The molecule has 0 aliphatic carbocycles. The van der Waals surface area contributed by atoms with Crippen LogP contribution in [0, 0.1) is 10.6 Å². The molecular weight excluding hydrogens is 320 g/mol. The molecule has 6 nitrogen and oxygen atoms in total. The third kappa shape index (κ3) is 3.93. The van der Waals surface area contributed by atoms with Gasteiger partial charge in [0.25, 0.3) is 0 Å². The molecule has 2 heterocycles. The molecule has 22 heavy (non-hydrogen) atoms. The Balaban J connectivity index is 2.29. The average molecular weight is 345 g/mol. The molecule has 0 spiro atoms.